The highest BCUT2D eigenvalue weighted by molar-refractivity contribution is 5.79. The van der Waals surface area contributed by atoms with Gasteiger partial charge in [0.15, 0.2) is 5.96 Å². The molecule has 0 amide bonds. The van der Waals surface area contributed by atoms with E-state index in [2.05, 4.69) is 46.6 Å². The van der Waals surface area contributed by atoms with Crippen LogP contribution in [0.25, 0.3) is 0 Å². The van der Waals surface area contributed by atoms with E-state index in [0.29, 0.717) is 13.2 Å². The Balaban J connectivity index is 1.79. The third-order valence-electron chi connectivity index (χ3n) is 4.27. The number of nitrogens with zero attached hydrogens (tertiary/aromatic N) is 4. The fourth-order valence-corrected chi connectivity index (χ4v) is 2.80. The second-order valence-electron chi connectivity index (χ2n) is 6.74. The number of aryl methyl sites for hydroxylation is 1. The van der Waals surface area contributed by atoms with Crippen LogP contribution in [0.4, 0.5) is 0 Å². The SMILES string of the molecule is CN=C(NCC(c1cnn(C)c1)N(C)C)NC(C)COC1CCOC1. The molecule has 1 fully saturated rings. The van der Waals surface area contributed by atoms with Crippen LogP contribution in [0, 0.1) is 0 Å². The van der Waals surface area contributed by atoms with E-state index in [9.17, 15) is 0 Å². The number of aliphatic imine (C=N–C) groups is 1. The number of guanidine groups is 1. The number of ether oxygens (including phenoxy) is 2. The van der Waals surface area contributed by atoms with Crippen molar-refractivity contribution in [3.63, 3.8) is 0 Å². The van der Waals surface area contributed by atoms with Gasteiger partial charge >= 0.3 is 0 Å². The van der Waals surface area contributed by atoms with Gasteiger partial charge in [0.2, 0.25) is 0 Å². The first kappa shape index (κ1) is 19.7. The van der Waals surface area contributed by atoms with Crippen molar-refractivity contribution in [2.45, 2.75) is 31.5 Å². The van der Waals surface area contributed by atoms with Gasteiger partial charge in [0.1, 0.15) is 0 Å². The summed E-state index contributed by atoms with van der Waals surface area (Å²) in [4.78, 5) is 6.48. The van der Waals surface area contributed by atoms with Crippen LogP contribution >= 0.6 is 0 Å². The highest BCUT2D eigenvalue weighted by Gasteiger charge is 2.19. The first-order valence-electron chi connectivity index (χ1n) is 8.81. The third-order valence-corrected chi connectivity index (χ3v) is 4.27. The Morgan fingerprint density at radius 1 is 1.56 bits per heavy atom. The molecule has 0 radical (unpaired) electrons. The smallest absolute Gasteiger partial charge is 0.191 e. The van der Waals surface area contributed by atoms with E-state index in [4.69, 9.17) is 9.47 Å². The van der Waals surface area contributed by atoms with Crippen LogP contribution in [0.15, 0.2) is 17.4 Å². The van der Waals surface area contributed by atoms with Gasteiger partial charge in [0.05, 0.1) is 31.6 Å². The van der Waals surface area contributed by atoms with E-state index in [0.717, 1.165) is 25.5 Å². The second-order valence-corrected chi connectivity index (χ2v) is 6.74. The standard InChI is InChI=1S/C17H32N6O2/c1-13(11-25-15-6-7-24-12-15)21-17(18-2)19-9-16(22(3)4)14-8-20-23(5)10-14/h8,10,13,15-16H,6-7,9,11-12H2,1-5H3,(H2,18,19,21). The predicted octanol–water partition coefficient (Wildman–Crippen LogP) is 0.382. The molecule has 0 spiro atoms. The zero-order valence-corrected chi connectivity index (χ0v) is 16.0. The van der Waals surface area contributed by atoms with E-state index in [1.807, 2.05) is 24.1 Å². The lowest BCUT2D eigenvalue weighted by Crippen LogP contribution is -2.46. The highest BCUT2D eigenvalue weighted by Crippen LogP contribution is 2.16. The Hall–Kier alpha value is -1.64. The summed E-state index contributed by atoms with van der Waals surface area (Å²) in [5.41, 5.74) is 1.17. The van der Waals surface area contributed by atoms with Gasteiger partial charge in [-0.25, -0.2) is 0 Å². The average molecular weight is 352 g/mol. The van der Waals surface area contributed by atoms with Gasteiger partial charge in [-0.3, -0.25) is 9.67 Å². The molecule has 8 nitrogen and oxygen atoms in total. The maximum absolute atomic E-state index is 5.86. The molecule has 1 aromatic heterocycles. The lowest BCUT2D eigenvalue weighted by molar-refractivity contribution is 0.0347. The molecule has 25 heavy (non-hydrogen) atoms. The Morgan fingerprint density at radius 3 is 2.92 bits per heavy atom. The molecule has 8 heteroatoms. The summed E-state index contributed by atoms with van der Waals surface area (Å²) in [5, 5.41) is 11.0. The maximum Gasteiger partial charge on any atom is 0.191 e. The summed E-state index contributed by atoms with van der Waals surface area (Å²) >= 11 is 0. The molecule has 0 aliphatic carbocycles. The Bertz CT molecular complexity index is 539. The Morgan fingerprint density at radius 2 is 2.36 bits per heavy atom. The third kappa shape index (κ3) is 6.30. The van der Waals surface area contributed by atoms with Gasteiger partial charge in [-0.1, -0.05) is 0 Å². The maximum atomic E-state index is 5.86. The summed E-state index contributed by atoms with van der Waals surface area (Å²) in [6, 6.07) is 0.387. The minimum atomic E-state index is 0.169. The highest BCUT2D eigenvalue weighted by atomic mass is 16.5. The van der Waals surface area contributed by atoms with Crippen LogP contribution in [0.2, 0.25) is 0 Å². The summed E-state index contributed by atoms with van der Waals surface area (Å²) in [5.74, 6) is 0.773. The van der Waals surface area contributed by atoms with Gasteiger partial charge in [-0.05, 0) is 27.4 Å². The fraction of sp³-hybridized carbons (Fsp3) is 0.765. The molecule has 0 bridgehead atoms. The van der Waals surface area contributed by atoms with E-state index in [1.165, 1.54) is 5.56 Å². The van der Waals surface area contributed by atoms with Gasteiger partial charge in [-0.2, -0.15) is 5.10 Å². The van der Waals surface area contributed by atoms with Gasteiger partial charge < -0.3 is 25.0 Å². The fourth-order valence-electron chi connectivity index (χ4n) is 2.80. The Kier molecular flexibility index (Phi) is 7.67. The summed E-state index contributed by atoms with van der Waals surface area (Å²) < 4.78 is 13.0. The lowest BCUT2D eigenvalue weighted by Gasteiger charge is -2.25. The molecule has 2 N–H and O–H groups in total. The molecule has 1 aliphatic heterocycles. The minimum Gasteiger partial charge on any atom is -0.379 e. The first-order chi connectivity index (χ1) is 12.0. The summed E-state index contributed by atoms with van der Waals surface area (Å²) in [6.45, 7) is 4.97. The Labute approximate surface area is 150 Å². The second kappa shape index (κ2) is 9.74. The molecule has 1 aliphatic rings. The van der Waals surface area contributed by atoms with Crippen LogP contribution in [-0.4, -0.2) is 80.3 Å². The average Bonchev–Trinajstić information content (AvgIpc) is 3.23. The number of rotatable bonds is 8. The molecule has 0 saturated carbocycles. The predicted molar refractivity (Wildman–Crippen MR) is 98.8 cm³/mol. The largest absolute Gasteiger partial charge is 0.379 e. The van der Waals surface area contributed by atoms with E-state index in [1.54, 1.807) is 7.05 Å². The zero-order chi connectivity index (χ0) is 18.2. The van der Waals surface area contributed by atoms with Crippen molar-refractivity contribution < 1.29 is 9.47 Å². The molecule has 3 atom stereocenters. The van der Waals surface area contributed by atoms with Crippen molar-refractivity contribution in [1.82, 2.24) is 25.3 Å². The number of hydrogen-bond donors (Lipinski definition) is 2. The van der Waals surface area contributed by atoms with Crippen LogP contribution in [0.3, 0.4) is 0 Å². The van der Waals surface area contributed by atoms with Crippen molar-refractivity contribution >= 4 is 5.96 Å². The quantitative estimate of drug-likeness (QED) is 0.520. The van der Waals surface area contributed by atoms with Crippen molar-refractivity contribution in [3.8, 4) is 0 Å². The normalized spacial score (nSPS) is 20.7. The van der Waals surface area contributed by atoms with E-state index in [-0.39, 0.29) is 18.2 Å². The van der Waals surface area contributed by atoms with Crippen LogP contribution in [-0.2, 0) is 16.5 Å². The molecule has 2 rings (SSSR count). The minimum absolute atomic E-state index is 0.169. The molecule has 1 saturated heterocycles. The molecule has 2 heterocycles. The van der Waals surface area contributed by atoms with Crippen LogP contribution in [0.5, 0.6) is 0 Å². The zero-order valence-electron chi connectivity index (χ0n) is 16.0. The molecule has 1 aromatic rings. The van der Waals surface area contributed by atoms with E-state index >= 15 is 0 Å². The van der Waals surface area contributed by atoms with Gasteiger partial charge in [-0.15, -0.1) is 0 Å². The summed E-state index contributed by atoms with van der Waals surface area (Å²) in [6.07, 6.45) is 5.16. The topological polar surface area (TPSA) is 75.9 Å². The van der Waals surface area contributed by atoms with Gasteiger partial charge in [0, 0.05) is 45.0 Å². The van der Waals surface area contributed by atoms with Crippen LogP contribution < -0.4 is 10.6 Å². The number of aromatic nitrogens is 2. The first-order valence-corrected chi connectivity index (χ1v) is 8.81. The molecule has 3 unspecified atom stereocenters. The molecular formula is C17H32N6O2. The molecule has 142 valence electrons. The van der Waals surface area contributed by atoms with Gasteiger partial charge in [0.25, 0.3) is 0 Å². The van der Waals surface area contributed by atoms with Crippen molar-refractivity contribution in [1.29, 1.82) is 0 Å². The molecule has 0 aromatic carbocycles. The van der Waals surface area contributed by atoms with Crippen molar-refractivity contribution in [3.05, 3.63) is 18.0 Å². The summed E-state index contributed by atoms with van der Waals surface area (Å²) in [7, 11) is 7.84. The van der Waals surface area contributed by atoms with E-state index < -0.39 is 0 Å². The van der Waals surface area contributed by atoms with Crippen LogP contribution in [0.1, 0.15) is 24.9 Å². The monoisotopic (exact) mass is 352 g/mol. The molecular weight excluding hydrogens is 320 g/mol. The van der Waals surface area contributed by atoms with Crippen molar-refractivity contribution in [2.24, 2.45) is 12.0 Å². The number of likely N-dealkylation sites (N-methyl/N-ethyl adjacent to an activating group) is 1. The van der Waals surface area contributed by atoms with Crippen molar-refractivity contribution in [2.75, 3.05) is 47.5 Å². The number of nitrogens with one attached hydrogen (secondary N) is 2. The number of hydrogen-bond acceptors (Lipinski definition) is 5. The lowest BCUT2D eigenvalue weighted by atomic mass is 10.1.